The van der Waals surface area contributed by atoms with Crippen LogP contribution in [0.15, 0.2) is 21.4 Å². The molecule has 0 radical (unpaired) electrons. The molecule has 1 aliphatic rings. The summed E-state index contributed by atoms with van der Waals surface area (Å²) in [6.45, 7) is 4.92. The van der Waals surface area contributed by atoms with E-state index in [4.69, 9.17) is 5.41 Å². The number of anilines is 2. The molecule has 0 saturated carbocycles. The molecule has 1 aromatic rings. The predicted molar refractivity (Wildman–Crippen MR) is 101 cm³/mol. The van der Waals surface area contributed by atoms with E-state index in [0.717, 1.165) is 10.8 Å². The summed E-state index contributed by atoms with van der Waals surface area (Å²) >= 11 is 0. The first kappa shape index (κ1) is 19.3. The van der Waals surface area contributed by atoms with Crippen molar-refractivity contribution in [1.29, 1.82) is 5.41 Å². The van der Waals surface area contributed by atoms with Gasteiger partial charge < -0.3 is 26.3 Å². The summed E-state index contributed by atoms with van der Waals surface area (Å²) in [6, 6.07) is 0.160. The standard InChI is InChI=1S/C16H25N7O3/c1-10(2)19-8-11(7-17)14(24)18-5-6-23-9-20-13-12(23)15(25)22(4)16(26)21(13)3/h7-8,10,17,19-20H,5-6,9H2,1-4H3,(H,18,24)/b11-8+,17-7?. The highest BCUT2D eigenvalue weighted by molar-refractivity contribution is 6.11. The molecule has 0 unspecified atom stereocenters. The van der Waals surface area contributed by atoms with Crippen LogP contribution in [0.2, 0.25) is 0 Å². The van der Waals surface area contributed by atoms with Gasteiger partial charge in [-0.1, -0.05) is 0 Å². The van der Waals surface area contributed by atoms with Crippen LogP contribution in [0.25, 0.3) is 0 Å². The van der Waals surface area contributed by atoms with E-state index in [1.165, 1.54) is 17.8 Å². The Labute approximate surface area is 151 Å². The number of aromatic nitrogens is 2. The van der Waals surface area contributed by atoms with E-state index in [0.29, 0.717) is 31.3 Å². The van der Waals surface area contributed by atoms with E-state index in [2.05, 4.69) is 16.0 Å². The number of nitrogens with zero attached hydrogens (tertiary/aromatic N) is 3. The molecular weight excluding hydrogens is 338 g/mol. The van der Waals surface area contributed by atoms with E-state index in [-0.39, 0.29) is 23.1 Å². The van der Waals surface area contributed by atoms with E-state index >= 15 is 0 Å². The minimum absolute atomic E-state index is 0.160. The second-order valence-electron chi connectivity index (χ2n) is 6.32. The Morgan fingerprint density at radius 1 is 1.31 bits per heavy atom. The van der Waals surface area contributed by atoms with E-state index in [1.54, 1.807) is 11.9 Å². The summed E-state index contributed by atoms with van der Waals surface area (Å²) in [5, 5.41) is 16.1. The van der Waals surface area contributed by atoms with Crippen LogP contribution in [0, 0.1) is 5.41 Å². The number of rotatable bonds is 7. The fraction of sp³-hybridized carbons (Fsp3) is 0.500. The van der Waals surface area contributed by atoms with Gasteiger partial charge in [-0.25, -0.2) is 4.79 Å². The fourth-order valence-corrected chi connectivity index (χ4v) is 2.59. The lowest BCUT2D eigenvalue weighted by Crippen LogP contribution is -2.41. The SMILES string of the molecule is CC(C)N/C=C(\C=N)C(=O)NCCN1CNc2c1c(=O)n(C)c(=O)n2C. The third-order valence-electron chi connectivity index (χ3n) is 4.05. The molecule has 4 N–H and O–H groups in total. The van der Waals surface area contributed by atoms with Crippen molar-refractivity contribution >= 4 is 23.6 Å². The monoisotopic (exact) mass is 363 g/mol. The van der Waals surface area contributed by atoms with E-state index < -0.39 is 5.69 Å². The van der Waals surface area contributed by atoms with Gasteiger partial charge in [-0.3, -0.25) is 18.7 Å². The van der Waals surface area contributed by atoms with Gasteiger partial charge in [0.25, 0.3) is 11.5 Å². The van der Waals surface area contributed by atoms with Crippen molar-refractivity contribution in [3.05, 3.63) is 32.6 Å². The molecule has 1 aliphatic heterocycles. The number of hydrogen-bond donors (Lipinski definition) is 4. The Morgan fingerprint density at radius 2 is 2.00 bits per heavy atom. The van der Waals surface area contributed by atoms with Crippen LogP contribution in [0.4, 0.5) is 11.5 Å². The van der Waals surface area contributed by atoms with Crippen LogP contribution in [-0.4, -0.2) is 47.1 Å². The first-order chi connectivity index (χ1) is 12.3. The van der Waals surface area contributed by atoms with Gasteiger partial charge in [-0.05, 0) is 13.8 Å². The van der Waals surface area contributed by atoms with Gasteiger partial charge in [0.2, 0.25) is 0 Å². The van der Waals surface area contributed by atoms with Gasteiger partial charge in [-0.2, -0.15) is 0 Å². The number of carbonyl (C=O) groups excluding carboxylic acids is 1. The lowest BCUT2D eigenvalue weighted by atomic mass is 10.2. The number of carbonyl (C=O) groups is 1. The maximum atomic E-state index is 12.4. The highest BCUT2D eigenvalue weighted by atomic mass is 16.2. The third-order valence-corrected chi connectivity index (χ3v) is 4.05. The summed E-state index contributed by atoms with van der Waals surface area (Å²) in [6.07, 6.45) is 2.49. The minimum Gasteiger partial charge on any atom is -0.388 e. The van der Waals surface area contributed by atoms with Gasteiger partial charge in [0, 0.05) is 45.6 Å². The zero-order valence-corrected chi connectivity index (χ0v) is 15.4. The smallest absolute Gasteiger partial charge is 0.332 e. The maximum absolute atomic E-state index is 12.4. The Hall–Kier alpha value is -3.04. The molecule has 2 rings (SSSR count). The van der Waals surface area contributed by atoms with Crippen molar-refractivity contribution in [3.63, 3.8) is 0 Å². The molecule has 0 bridgehead atoms. The number of hydrogen-bond acceptors (Lipinski definition) is 7. The fourth-order valence-electron chi connectivity index (χ4n) is 2.59. The minimum atomic E-state index is -0.394. The molecule has 0 spiro atoms. The average Bonchev–Trinajstić information content (AvgIpc) is 3.02. The first-order valence-electron chi connectivity index (χ1n) is 8.31. The summed E-state index contributed by atoms with van der Waals surface area (Å²) in [5.41, 5.74) is -0.138. The summed E-state index contributed by atoms with van der Waals surface area (Å²) in [5.74, 6) is 0.111. The van der Waals surface area contributed by atoms with Gasteiger partial charge in [-0.15, -0.1) is 0 Å². The Balaban J connectivity index is 2.05. The van der Waals surface area contributed by atoms with Gasteiger partial charge in [0.1, 0.15) is 11.5 Å². The zero-order valence-electron chi connectivity index (χ0n) is 15.4. The molecule has 26 heavy (non-hydrogen) atoms. The predicted octanol–water partition coefficient (Wildman–Crippen LogP) is -1.08. The first-order valence-corrected chi connectivity index (χ1v) is 8.31. The molecule has 0 fully saturated rings. The van der Waals surface area contributed by atoms with Crippen LogP contribution in [-0.2, 0) is 18.9 Å². The molecule has 0 saturated heterocycles. The van der Waals surface area contributed by atoms with Gasteiger partial charge >= 0.3 is 5.69 Å². The Kier molecular flexibility index (Phi) is 5.86. The number of amides is 1. The largest absolute Gasteiger partial charge is 0.388 e. The highest BCUT2D eigenvalue weighted by Crippen LogP contribution is 2.24. The summed E-state index contributed by atoms with van der Waals surface area (Å²) < 4.78 is 2.45. The lowest BCUT2D eigenvalue weighted by Gasteiger charge is -2.18. The van der Waals surface area contributed by atoms with Gasteiger partial charge in [0.05, 0.1) is 12.2 Å². The zero-order chi connectivity index (χ0) is 19.4. The molecule has 1 amide bonds. The van der Waals surface area contributed by atoms with Crippen molar-refractivity contribution < 1.29 is 4.79 Å². The molecule has 0 atom stereocenters. The third kappa shape index (κ3) is 3.79. The van der Waals surface area contributed by atoms with Crippen molar-refractivity contribution in [3.8, 4) is 0 Å². The van der Waals surface area contributed by atoms with E-state index in [1.807, 2.05) is 13.8 Å². The van der Waals surface area contributed by atoms with Crippen LogP contribution >= 0.6 is 0 Å². The number of fused-ring (bicyclic) bond motifs is 1. The molecule has 10 heteroatoms. The Bertz CT molecular complexity index is 851. The van der Waals surface area contributed by atoms with Crippen molar-refractivity contribution in [2.75, 3.05) is 30.0 Å². The quantitative estimate of drug-likeness (QED) is 0.361. The second-order valence-corrected chi connectivity index (χ2v) is 6.32. The van der Waals surface area contributed by atoms with Crippen LogP contribution in [0.3, 0.4) is 0 Å². The van der Waals surface area contributed by atoms with E-state index in [9.17, 15) is 14.4 Å². The van der Waals surface area contributed by atoms with Crippen molar-refractivity contribution in [2.45, 2.75) is 19.9 Å². The normalized spacial score (nSPS) is 13.4. The van der Waals surface area contributed by atoms with Crippen LogP contribution in [0.1, 0.15) is 13.8 Å². The van der Waals surface area contributed by atoms with Crippen molar-refractivity contribution in [1.82, 2.24) is 19.8 Å². The molecule has 2 heterocycles. The number of nitrogens with one attached hydrogen (secondary N) is 4. The summed E-state index contributed by atoms with van der Waals surface area (Å²) in [4.78, 5) is 38.2. The van der Waals surface area contributed by atoms with Crippen LogP contribution in [0.5, 0.6) is 0 Å². The van der Waals surface area contributed by atoms with Gasteiger partial charge in [0.15, 0.2) is 0 Å². The highest BCUT2D eigenvalue weighted by Gasteiger charge is 2.26. The van der Waals surface area contributed by atoms with Crippen molar-refractivity contribution in [2.24, 2.45) is 14.1 Å². The van der Waals surface area contributed by atoms with Crippen LogP contribution < -0.4 is 32.1 Å². The molecule has 0 aliphatic carbocycles. The Morgan fingerprint density at radius 3 is 2.62 bits per heavy atom. The second kappa shape index (κ2) is 7.89. The molecule has 1 aromatic heterocycles. The maximum Gasteiger partial charge on any atom is 0.332 e. The summed E-state index contributed by atoms with van der Waals surface area (Å²) in [7, 11) is 3.04. The molecule has 0 aromatic carbocycles. The molecule has 142 valence electrons. The average molecular weight is 363 g/mol. The molecular formula is C16H25N7O3. The topological polar surface area (TPSA) is 124 Å². The lowest BCUT2D eigenvalue weighted by molar-refractivity contribution is -0.116. The molecule has 10 nitrogen and oxygen atoms in total.